The third-order valence-electron chi connectivity index (χ3n) is 4.82. The van der Waals surface area contributed by atoms with Gasteiger partial charge in [0.2, 0.25) is 0 Å². The molecule has 1 aliphatic heterocycles. The molecule has 21 heavy (non-hydrogen) atoms. The van der Waals surface area contributed by atoms with Crippen LogP contribution in [0.4, 0.5) is 0 Å². The highest BCUT2D eigenvalue weighted by molar-refractivity contribution is 6.31. The predicted octanol–water partition coefficient (Wildman–Crippen LogP) is 4.34. The molecular formula is C17H24ClNO2. The highest BCUT2D eigenvalue weighted by atomic mass is 35.5. The number of hydrogen-bond donors (Lipinski definition) is 1. The fourth-order valence-corrected chi connectivity index (χ4v) is 3.97. The van der Waals surface area contributed by atoms with E-state index in [2.05, 4.69) is 25.2 Å². The van der Waals surface area contributed by atoms with E-state index in [-0.39, 0.29) is 11.5 Å². The summed E-state index contributed by atoms with van der Waals surface area (Å²) in [5, 5.41) is 4.42. The van der Waals surface area contributed by atoms with Gasteiger partial charge in [-0.3, -0.25) is 0 Å². The summed E-state index contributed by atoms with van der Waals surface area (Å²) >= 11 is 6.56. The van der Waals surface area contributed by atoms with E-state index < -0.39 is 0 Å². The molecule has 0 radical (unpaired) electrons. The first-order valence-electron chi connectivity index (χ1n) is 7.96. The lowest BCUT2D eigenvalue weighted by molar-refractivity contribution is 0.170. The van der Waals surface area contributed by atoms with Gasteiger partial charge in [-0.1, -0.05) is 38.3 Å². The van der Waals surface area contributed by atoms with E-state index in [9.17, 15) is 0 Å². The number of benzene rings is 1. The van der Waals surface area contributed by atoms with Crippen molar-refractivity contribution in [2.45, 2.75) is 45.6 Å². The van der Waals surface area contributed by atoms with Gasteiger partial charge in [0.1, 0.15) is 13.2 Å². The summed E-state index contributed by atoms with van der Waals surface area (Å²) in [7, 11) is 0. The van der Waals surface area contributed by atoms with E-state index in [0.29, 0.717) is 13.2 Å². The van der Waals surface area contributed by atoms with Gasteiger partial charge < -0.3 is 14.8 Å². The van der Waals surface area contributed by atoms with Crippen molar-refractivity contribution >= 4 is 11.6 Å². The van der Waals surface area contributed by atoms with Crippen LogP contribution in [-0.2, 0) is 0 Å². The molecule has 0 amide bonds. The molecule has 0 spiro atoms. The van der Waals surface area contributed by atoms with Crippen molar-refractivity contribution in [3.63, 3.8) is 0 Å². The SMILES string of the molecule is CCNC(c1cc2c(cc1Cl)OCCO2)C1(C)CCCC1. The van der Waals surface area contributed by atoms with Gasteiger partial charge in [0.25, 0.3) is 0 Å². The Morgan fingerprint density at radius 3 is 2.43 bits per heavy atom. The molecular weight excluding hydrogens is 286 g/mol. The number of nitrogens with one attached hydrogen (secondary N) is 1. The Hall–Kier alpha value is -0.930. The lowest BCUT2D eigenvalue weighted by atomic mass is 9.77. The van der Waals surface area contributed by atoms with Crippen LogP contribution < -0.4 is 14.8 Å². The van der Waals surface area contributed by atoms with E-state index in [1.165, 1.54) is 25.7 Å². The minimum Gasteiger partial charge on any atom is -0.486 e. The first kappa shape index (κ1) is 15.0. The monoisotopic (exact) mass is 309 g/mol. The summed E-state index contributed by atoms with van der Waals surface area (Å²) in [5.74, 6) is 1.59. The second-order valence-electron chi connectivity index (χ2n) is 6.37. The molecule has 1 atom stereocenters. The molecule has 116 valence electrons. The van der Waals surface area contributed by atoms with Gasteiger partial charge in [-0.15, -0.1) is 0 Å². The second-order valence-corrected chi connectivity index (χ2v) is 6.78. The van der Waals surface area contributed by atoms with E-state index in [1.807, 2.05) is 6.07 Å². The van der Waals surface area contributed by atoms with Crippen molar-refractivity contribution in [1.29, 1.82) is 0 Å². The Kier molecular flexibility index (Phi) is 4.32. The molecule has 1 saturated carbocycles. The Labute approximate surface area is 132 Å². The van der Waals surface area contributed by atoms with Crippen molar-refractivity contribution in [3.8, 4) is 11.5 Å². The van der Waals surface area contributed by atoms with Crippen LogP contribution in [0.1, 0.15) is 51.1 Å². The van der Waals surface area contributed by atoms with Crippen LogP contribution in [0, 0.1) is 5.41 Å². The zero-order valence-electron chi connectivity index (χ0n) is 12.9. The quantitative estimate of drug-likeness (QED) is 0.897. The molecule has 1 heterocycles. The van der Waals surface area contributed by atoms with Gasteiger partial charge in [-0.2, -0.15) is 0 Å². The fourth-order valence-electron chi connectivity index (χ4n) is 3.71. The van der Waals surface area contributed by atoms with Crippen LogP contribution in [0.25, 0.3) is 0 Å². The van der Waals surface area contributed by atoms with Crippen LogP contribution in [0.15, 0.2) is 12.1 Å². The average molecular weight is 310 g/mol. The molecule has 1 fully saturated rings. The molecule has 3 nitrogen and oxygen atoms in total. The number of halogens is 1. The third kappa shape index (κ3) is 2.86. The first-order valence-corrected chi connectivity index (χ1v) is 8.34. The zero-order chi connectivity index (χ0) is 14.9. The maximum atomic E-state index is 6.56. The van der Waals surface area contributed by atoms with Crippen LogP contribution in [0.2, 0.25) is 5.02 Å². The van der Waals surface area contributed by atoms with Crippen molar-refractivity contribution < 1.29 is 9.47 Å². The molecule has 0 aromatic heterocycles. The number of ether oxygens (including phenoxy) is 2. The lowest BCUT2D eigenvalue weighted by Gasteiger charge is -2.36. The predicted molar refractivity (Wildman–Crippen MR) is 85.4 cm³/mol. The smallest absolute Gasteiger partial charge is 0.162 e. The maximum Gasteiger partial charge on any atom is 0.162 e. The molecule has 0 saturated heterocycles. The molecule has 1 N–H and O–H groups in total. The van der Waals surface area contributed by atoms with Crippen molar-refractivity contribution in [1.82, 2.24) is 5.32 Å². The molecule has 1 unspecified atom stereocenters. The van der Waals surface area contributed by atoms with Gasteiger partial charge >= 0.3 is 0 Å². The Morgan fingerprint density at radius 2 is 1.81 bits per heavy atom. The molecule has 2 aliphatic rings. The summed E-state index contributed by atoms with van der Waals surface area (Å²) in [6.45, 7) is 6.66. The van der Waals surface area contributed by atoms with E-state index in [4.69, 9.17) is 21.1 Å². The largest absolute Gasteiger partial charge is 0.486 e. The zero-order valence-corrected chi connectivity index (χ0v) is 13.6. The number of hydrogen-bond acceptors (Lipinski definition) is 3. The molecule has 1 aromatic rings. The average Bonchev–Trinajstić information content (AvgIpc) is 2.92. The minimum absolute atomic E-state index is 0.267. The van der Waals surface area contributed by atoms with Crippen LogP contribution >= 0.6 is 11.6 Å². The molecule has 0 bridgehead atoms. The minimum atomic E-state index is 0.267. The summed E-state index contributed by atoms with van der Waals surface area (Å²) in [5.41, 5.74) is 1.41. The summed E-state index contributed by atoms with van der Waals surface area (Å²) in [4.78, 5) is 0. The number of fused-ring (bicyclic) bond motifs is 1. The second kappa shape index (κ2) is 6.05. The van der Waals surface area contributed by atoms with Gasteiger partial charge in [0.05, 0.1) is 0 Å². The Morgan fingerprint density at radius 1 is 1.19 bits per heavy atom. The van der Waals surface area contributed by atoms with Crippen LogP contribution in [0.5, 0.6) is 11.5 Å². The topological polar surface area (TPSA) is 30.5 Å². The van der Waals surface area contributed by atoms with Crippen molar-refractivity contribution in [2.75, 3.05) is 19.8 Å². The van der Waals surface area contributed by atoms with Gasteiger partial charge in [0.15, 0.2) is 11.5 Å². The van der Waals surface area contributed by atoms with Gasteiger partial charge in [0, 0.05) is 17.1 Å². The fraction of sp³-hybridized carbons (Fsp3) is 0.647. The van der Waals surface area contributed by atoms with E-state index >= 15 is 0 Å². The number of rotatable bonds is 4. The van der Waals surface area contributed by atoms with Crippen LogP contribution in [-0.4, -0.2) is 19.8 Å². The highest BCUT2D eigenvalue weighted by Crippen LogP contribution is 2.50. The van der Waals surface area contributed by atoms with Gasteiger partial charge in [-0.05, 0) is 36.4 Å². The van der Waals surface area contributed by atoms with E-state index in [0.717, 1.165) is 28.6 Å². The Balaban J connectivity index is 1.98. The van der Waals surface area contributed by atoms with E-state index in [1.54, 1.807) is 0 Å². The standard InChI is InChI=1S/C17H24ClNO2/c1-3-19-16(17(2)6-4-5-7-17)12-10-14-15(11-13(12)18)21-9-8-20-14/h10-11,16,19H,3-9H2,1-2H3. The summed E-state index contributed by atoms with van der Waals surface area (Å²) in [6, 6.07) is 4.26. The lowest BCUT2D eigenvalue weighted by Crippen LogP contribution is -2.34. The van der Waals surface area contributed by atoms with Gasteiger partial charge in [-0.25, -0.2) is 0 Å². The third-order valence-corrected chi connectivity index (χ3v) is 5.15. The molecule has 4 heteroatoms. The maximum absolute atomic E-state index is 6.56. The van der Waals surface area contributed by atoms with Crippen molar-refractivity contribution in [2.24, 2.45) is 5.41 Å². The summed E-state index contributed by atoms with van der Waals surface area (Å²) in [6.07, 6.45) is 5.10. The molecule has 1 aromatic carbocycles. The first-order chi connectivity index (χ1) is 10.1. The Bertz CT molecular complexity index is 512. The normalized spacial score (nSPS) is 21.3. The molecule has 1 aliphatic carbocycles. The van der Waals surface area contributed by atoms with Crippen molar-refractivity contribution in [3.05, 3.63) is 22.7 Å². The highest BCUT2D eigenvalue weighted by Gasteiger charge is 2.38. The summed E-state index contributed by atoms with van der Waals surface area (Å²) < 4.78 is 11.4. The van der Waals surface area contributed by atoms with Crippen LogP contribution in [0.3, 0.4) is 0 Å². The molecule has 3 rings (SSSR count).